The fraction of sp³-hybridized carbons (Fsp3) is 0.333. The molecule has 0 heterocycles. The minimum absolute atomic E-state index is 0.544. The van der Waals surface area contributed by atoms with E-state index in [9.17, 15) is 0 Å². The van der Waals surface area contributed by atoms with Gasteiger partial charge in [-0.3, -0.25) is 0 Å². The van der Waals surface area contributed by atoms with E-state index in [-0.39, 0.29) is 0 Å². The van der Waals surface area contributed by atoms with E-state index in [0.717, 1.165) is 12.8 Å². The lowest BCUT2D eigenvalue weighted by atomic mass is 9.76. The summed E-state index contributed by atoms with van der Waals surface area (Å²) in [5, 5.41) is 0. The molecule has 0 N–H and O–H groups in total. The molecule has 2 aromatic carbocycles. The van der Waals surface area contributed by atoms with E-state index in [0.29, 0.717) is 23.7 Å². The van der Waals surface area contributed by atoms with Crippen molar-refractivity contribution in [2.45, 2.75) is 56.8 Å². The van der Waals surface area contributed by atoms with Crippen LogP contribution in [0.2, 0.25) is 0 Å². The van der Waals surface area contributed by atoms with Gasteiger partial charge in [-0.2, -0.15) is 0 Å². The first-order chi connectivity index (χ1) is 14.9. The van der Waals surface area contributed by atoms with Crippen molar-refractivity contribution in [3.63, 3.8) is 0 Å². The van der Waals surface area contributed by atoms with Gasteiger partial charge in [0.05, 0.1) is 0 Å². The Bertz CT molecular complexity index is 1110. The molecule has 0 amide bonds. The quantitative estimate of drug-likeness (QED) is 0.490. The van der Waals surface area contributed by atoms with Crippen molar-refractivity contribution in [2.24, 2.45) is 5.92 Å². The third-order valence-corrected chi connectivity index (χ3v) is 7.82. The summed E-state index contributed by atoms with van der Waals surface area (Å²) in [5.41, 5.74) is 11.0. The highest BCUT2D eigenvalue weighted by atomic mass is 14.5. The summed E-state index contributed by atoms with van der Waals surface area (Å²) in [6, 6.07) is 16.3. The predicted octanol–water partition coefficient (Wildman–Crippen LogP) is 7.85. The summed E-state index contributed by atoms with van der Waals surface area (Å²) in [6.45, 7) is 2.34. The molecule has 0 saturated heterocycles. The van der Waals surface area contributed by atoms with Crippen molar-refractivity contribution in [3.05, 3.63) is 112 Å². The maximum atomic E-state index is 2.72. The molecule has 6 rings (SSSR count). The topological polar surface area (TPSA) is 0 Å². The van der Waals surface area contributed by atoms with Crippen molar-refractivity contribution in [1.29, 1.82) is 0 Å². The lowest BCUT2D eigenvalue weighted by Gasteiger charge is -2.28. The molecule has 4 aliphatic rings. The summed E-state index contributed by atoms with van der Waals surface area (Å²) in [7, 11) is 0. The minimum atomic E-state index is 0.544. The molecule has 0 heteroatoms. The van der Waals surface area contributed by atoms with Crippen molar-refractivity contribution >= 4 is 5.57 Å². The molecule has 30 heavy (non-hydrogen) atoms. The third kappa shape index (κ3) is 2.66. The van der Waals surface area contributed by atoms with Gasteiger partial charge in [0.2, 0.25) is 0 Å². The fourth-order valence-corrected chi connectivity index (χ4v) is 6.62. The maximum absolute atomic E-state index is 2.72. The standard InChI is InChI=1S/C30H30/c1-2-11-21-22-14-8-9-15-23(22)27-19-29-25-17-10-13-20-12-6-4-3-5-7-16-24(30(20)25)28(29)18-26(21)27/h3-6,8-10,13-15,17-19,21,24,26-27H,2,7,11-12,16H2,1H3/b5-3-,6-4-. The monoisotopic (exact) mass is 390 g/mol. The second-order valence-electron chi connectivity index (χ2n) is 9.40. The Labute approximate surface area is 180 Å². The minimum Gasteiger partial charge on any atom is -0.0845 e. The Morgan fingerprint density at radius 3 is 2.67 bits per heavy atom. The van der Waals surface area contributed by atoms with Crippen LogP contribution in [0.25, 0.3) is 5.57 Å². The highest BCUT2D eigenvalue weighted by molar-refractivity contribution is 5.90. The normalized spacial score (nSPS) is 30.3. The number of benzene rings is 2. The molecule has 0 nitrogen and oxygen atoms in total. The van der Waals surface area contributed by atoms with E-state index >= 15 is 0 Å². The van der Waals surface area contributed by atoms with Crippen molar-refractivity contribution in [2.75, 3.05) is 0 Å². The molecule has 4 aliphatic carbocycles. The predicted molar refractivity (Wildman–Crippen MR) is 127 cm³/mol. The Kier molecular flexibility index (Phi) is 4.41. The molecule has 0 spiro atoms. The van der Waals surface area contributed by atoms with Crippen molar-refractivity contribution in [1.82, 2.24) is 0 Å². The highest BCUT2D eigenvalue weighted by Crippen LogP contribution is 2.59. The van der Waals surface area contributed by atoms with Crippen LogP contribution in [0.15, 0.2) is 84.5 Å². The van der Waals surface area contributed by atoms with Gasteiger partial charge in [-0.25, -0.2) is 0 Å². The van der Waals surface area contributed by atoms with Gasteiger partial charge in [0.15, 0.2) is 0 Å². The van der Waals surface area contributed by atoms with Crippen LogP contribution in [0.3, 0.4) is 0 Å². The van der Waals surface area contributed by atoms with Gasteiger partial charge < -0.3 is 0 Å². The van der Waals surface area contributed by atoms with Gasteiger partial charge in [-0.05, 0) is 76.5 Å². The Hall–Kier alpha value is -2.60. The van der Waals surface area contributed by atoms with E-state index in [1.54, 1.807) is 22.3 Å². The van der Waals surface area contributed by atoms with Crippen LogP contribution in [-0.4, -0.2) is 0 Å². The Morgan fingerprint density at radius 1 is 0.900 bits per heavy atom. The van der Waals surface area contributed by atoms with E-state index in [4.69, 9.17) is 0 Å². The molecular weight excluding hydrogens is 360 g/mol. The van der Waals surface area contributed by atoms with E-state index in [1.807, 2.05) is 0 Å². The Balaban J connectivity index is 1.52. The zero-order valence-electron chi connectivity index (χ0n) is 17.9. The van der Waals surface area contributed by atoms with E-state index in [1.165, 1.54) is 36.0 Å². The summed E-state index contributed by atoms with van der Waals surface area (Å²) < 4.78 is 0. The summed E-state index contributed by atoms with van der Waals surface area (Å²) in [4.78, 5) is 0. The zero-order valence-corrected chi connectivity index (χ0v) is 17.9. The summed E-state index contributed by atoms with van der Waals surface area (Å²) in [5.74, 6) is 2.41. The van der Waals surface area contributed by atoms with Gasteiger partial charge in [-0.1, -0.05) is 92.3 Å². The first-order valence-electron chi connectivity index (χ1n) is 11.8. The first-order valence-corrected chi connectivity index (χ1v) is 11.8. The lowest BCUT2D eigenvalue weighted by Crippen LogP contribution is -2.14. The number of fused-ring (bicyclic) bond motifs is 6. The van der Waals surface area contributed by atoms with E-state index < -0.39 is 0 Å². The zero-order chi connectivity index (χ0) is 20.1. The average Bonchev–Trinajstić information content (AvgIpc) is 3.26. The molecule has 4 atom stereocenters. The molecule has 0 bridgehead atoms. The molecule has 150 valence electrons. The van der Waals surface area contributed by atoms with Crippen LogP contribution in [-0.2, 0) is 6.42 Å². The SMILES string of the molecule is CCCC1c2ccccc2C2C=C3C(=CC21)C1CC/C=C\C=C/Cc2cccc3c21. The first kappa shape index (κ1) is 18.2. The van der Waals surface area contributed by atoms with Gasteiger partial charge in [-0.15, -0.1) is 0 Å². The molecule has 0 fully saturated rings. The van der Waals surface area contributed by atoms with Crippen LogP contribution in [0.5, 0.6) is 0 Å². The molecule has 4 unspecified atom stereocenters. The van der Waals surface area contributed by atoms with Crippen molar-refractivity contribution in [3.8, 4) is 0 Å². The van der Waals surface area contributed by atoms with Crippen LogP contribution >= 0.6 is 0 Å². The van der Waals surface area contributed by atoms with Gasteiger partial charge >= 0.3 is 0 Å². The van der Waals surface area contributed by atoms with Gasteiger partial charge in [0.25, 0.3) is 0 Å². The molecule has 2 aromatic rings. The van der Waals surface area contributed by atoms with Crippen LogP contribution in [0.4, 0.5) is 0 Å². The molecule has 0 radical (unpaired) electrons. The van der Waals surface area contributed by atoms with Gasteiger partial charge in [0, 0.05) is 11.8 Å². The third-order valence-electron chi connectivity index (χ3n) is 7.82. The maximum Gasteiger partial charge on any atom is 0.0104 e. The summed E-state index contributed by atoms with van der Waals surface area (Å²) >= 11 is 0. The van der Waals surface area contributed by atoms with E-state index in [2.05, 4.69) is 85.8 Å². The van der Waals surface area contributed by atoms with Crippen LogP contribution in [0.1, 0.15) is 78.2 Å². The number of allylic oxidation sites excluding steroid dienone is 8. The molecular formula is C30H30. The molecule has 0 saturated carbocycles. The van der Waals surface area contributed by atoms with Crippen LogP contribution < -0.4 is 0 Å². The molecule has 0 aliphatic heterocycles. The number of hydrogen-bond donors (Lipinski definition) is 0. The smallest absolute Gasteiger partial charge is 0.0104 e. The largest absolute Gasteiger partial charge is 0.0845 e. The second kappa shape index (κ2) is 7.27. The number of hydrogen-bond acceptors (Lipinski definition) is 0. The Morgan fingerprint density at radius 2 is 1.77 bits per heavy atom. The highest BCUT2D eigenvalue weighted by Gasteiger charge is 2.44. The van der Waals surface area contributed by atoms with Crippen LogP contribution in [0, 0.1) is 5.92 Å². The fourth-order valence-electron chi connectivity index (χ4n) is 6.62. The lowest BCUT2D eigenvalue weighted by molar-refractivity contribution is 0.475. The summed E-state index contributed by atoms with van der Waals surface area (Å²) in [6.07, 6.45) is 20.5. The molecule has 0 aromatic heterocycles. The number of rotatable bonds is 2. The van der Waals surface area contributed by atoms with Crippen molar-refractivity contribution < 1.29 is 0 Å². The average molecular weight is 391 g/mol. The second-order valence-corrected chi connectivity index (χ2v) is 9.40. The van der Waals surface area contributed by atoms with Gasteiger partial charge in [0.1, 0.15) is 0 Å².